The van der Waals surface area contributed by atoms with Crippen molar-refractivity contribution >= 4 is 27.3 Å². The number of rotatable bonds is 4. The number of benzene rings is 1. The van der Waals surface area contributed by atoms with Gasteiger partial charge in [0.1, 0.15) is 10.7 Å². The second-order valence-electron chi connectivity index (χ2n) is 4.21. The number of anilines is 1. The largest absolute Gasteiger partial charge is 0.281 e. The number of H-pyrrole nitrogens is 1. The molecule has 0 aliphatic carbocycles. The van der Waals surface area contributed by atoms with E-state index in [1.807, 2.05) is 0 Å². The van der Waals surface area contributed by atoms with Crippen molar-refractivity contribution < 1.29 is 12.8 Å². The first kappa shape index (κ1) is 14.8. The molecule has 2 aromatic rings. The molecule has 1 aromatic heterocycles. The molecule has 2 rings (SSSR count). The molecule has 0 unspecified atom stereocenters. The standard InChI is InChI=1S/C12H13ClFN3O2S/c1-8-12(11(7-13)16-15-8)20(18,19)17(2)10-5-3-9(14)4-6-10/h3-6H,7H2,1-2H3,(H,15,16). The van der Waals surface area contributed by atoms with Gasteiger partial charge in [-0.15, -0.1) is 11.6 Å². The van der Waals surface area contributed by atoms with Gasteiger partial charge in [0.05, 0.1) is 23.0 Å². The molecule has 0 aliphatic heterocycles. The lowest BCUT2D eigenvalue weighted by atomic mass is 10.3. The van der Waals surface area contributed by atoms with Crippen LogP contribution >= 0.6 is 11.6 Å². The fourth-order valence-electron chi connectivity index (χ4n) is 1.83. The number of aromatic nitrogens is 2. The molecule has 1 N–H and O–H groups in total. The van der Waals surface area contributed by atoms with E-state index in [4.69, 9.17) is 11.6 Å². The normalized spacial score (nSPS) is 11.6. The Kier molecular flexibility index (Phi) is 4.01. The van der Waals surface area contributed by atoms with Crippen LogP contribution in [0.1, 0.15) is 11.4 Å². The van der Waals surface area contributed by atoms with Crippen LogP contribution in [-0.4, -0.2) is 25.7 Å². The zero-order chi connectivity index (χ0) is 14.9. The monoisotopic (exact) mass is 317 g/mol. The minimum Gasteiger partial charge on any atom is -0.281 e. The Hall–Kier alpha value is -1.60. The number of hydrogen-bond acceptors (Lipinski definition) is 3. The zero-order valence-corrected chi connectivity index (χ0v) is 12.5. The molecule has 0 radical (unpaired) electrons. The minimum absolute atomic E-state index is 0.0177. The lowest BCUT2D eigenvalue weighted by molar-refractivity contribution is 0.592. The first-order valence-corrected chi connectivity index (χ1v) is 7.69. The van der Waals surface area contributed by atoms with Crippen LogP contribution in [0.25, 0.3) is 0 Å². The third kappa shape index (κ3) is 2.51. The summed E-state index contributed by atoms with van der Waals surface area (Å²) in [5.41, 5.74) is 1.03. The van der Waals surface area contributed by atoms with Gasteiger partial charge in [-0.25, -0.2) is 12.8 Å². The predicted molar refractivity (Wildman–Crippen MR) is 74.9 cm³/mol. The molecular formula is C12H13ClFN3O2S. The molecular weight excluding hydrogens is 305 g/mol. The molecule has 0 saturated heterocycles. The lowest BCUT2D eigenvalue weighted by Gasteiger charge is -2.19. The summed E-state index contributed by atoms with van der Waals surface area (Å²) < 4.78 is 39.2. The molecule has 0 fully saturated rings. The Labute approximate surface area is 121 Å². The van der Waals surface area contributed by atoms with Gasteiger partial charge in [-0.1, -0.05) is 0 Å². The van der Waals surface area contributed by atoms with Crippen LogP contribution in [0.2, 0.25) is 0 Å². The average molecular weight is 318 g/mol. The van der Waals surface area contributed by atoms with E-state index in [1.165, 1.54) is 31.3 Å². The van der Waals surface area contributed by atoms with E-state index in [-0.39, 0.29) is 16.5 Å². The van der Waals surface area contributed by atoms with Gasteiger partial charge in [-0.2, -0.15) is 5.10 Å². The Morgan fingerprint density at radius 3 is 2.50 bits per heavy atom. The minimum atomic E-state index is -3.80. The van der Waals surface area contributed by atoms with Gasteiger partial charge in [0.2, 0.25) is 0 Å². The summed E-state index contributed by atoms with van der Waals surface area (Å²) in [6, 6.07) is 5.18. The molecule has 0 aliphatic rings. The van der Waals surface area contributed by atoms with E-state index in [9.17, 15) is 12.8 Å². The van der Waals surface area contributed by atoms with Gasteiger partial charge >= 0.3 is 0 Å². The van der Waals surface area contributed by atoms with Gasteiger partial charge in [0.15, 0.2) is 0 Å². The van der Waals surface area contributed by atoms with Crippen LogP contribution in [0.3, 0.4) is 0 Å². The maximum Gasteiger partial charge on any atom is 0.267 e. The Morgan fingerprint density at radius 2 is 1.95 bits per heavy atom. The molecule has 0 spiro atoms. The molecule has 0 saturated carbocycles. The lowest BCUT2D eigenvalue weighted by Crippen LogP contribution is -2.27. The smallest absolute Gasteiger partial charge is 0.267 e. The van der Waals surface area contributed by atoms with E-state index in [0.717, 1.165) is 4.31 Å². The number of sulfonamides is 1. The van der Waals surface area contributed by atoms with Crippen LogP contribution in [-0.2, 0) is 15.9 Å². The van der Waals surface area contributed by atoms with Gasteiger partial charge in [0, 0.05) is 7.05 Å². The molecule has 0 bridgehead atoms. The van der Waals surface area contributed by atoms with Gasteiger partial charge < -0.3 is 0 Å². The summed E-state index contributed by atoms with van der Waals surface area (Å²) in [5, 5.41) is 6.48. The summed E-state index contributed by atoms with van der Waals surface area (Å²) in [6.45, 7) is 1.61. The highest BCUT2D eigenvalue weighted by Crippen LogP contribution is 2.26. The predicted octanol–water partition coefficient (Wildman–Crippen LogP) is 2.42. The van der Waals surface area contributed by atoms with Gasteiger partial charge in [-0.3, -0.25) is 9.40 Å². The zero-order valence-electron chi connectivity index (χ0n) is 10.9. The second kappa shape index (κ2) is 5.41. The molecule has 5 nitrogen and oxygen atoms in total. The van der Waals surface area contributed by atoms with Crippen molar-refractivity contribution in [2.75, 3.05) is 11.4 Å². The van der Waals surface area contributed by atoms with Crippen molar-refractivity contribution in [1.29, 1.82) is 0 Å². The second-order valence-corrected chi connectivity index (χ2v) is 6.38. The molecule has 108 valence electrons. The highest BCUT2D eigenvalue weighted by Gasteiger charge is 2.28. The highest BCUT2D eigenvalue weighted by molar-refractivity contribution is 7.92. The van der Waals surface area contributed by atoms with Gasteiger partial charge in [0.25, 0.3) is 10.0 Å². The fraction of sp³-hybridized carbons (Fsp3) is 0.250. The molecule has 20 heavy (non-hydrogen) atoms. The number of aromatic amines is 1. The Bertz CT molecular complexity index is 713. The number of halogens is 2. The molecule has 1 aromatic carbocycles. The third-order valence-electron chi connectivity index (χ3n) is 2.90. The van der Waals surface area contributed by atoms with Crippen molar-refractivity contribution in [3.63, 3.8) is 0 Å². The van der Waals surface area contributed by atoms with Crippen LogP contribution in [0.4, 0.5) is 10.1 Å². The van der Waals surface area contributed by atoms with Crippen molar-refractivity contribution in [3.05, 3.63) is 41.5 Å². The van der Waals surface area contributed by atoms with E-state index in [1.54, 1.807) is 6.92 Å². The third-order valence-corrected chi connectivity index (χ3v) is 5.14. The number of alkyl halides is 1. The first-order valence-electron chi connectivity index (χ1n) is 5.72. The van der Waals surface area contributed by atoms with Crippen molar-refractivity contribution in [2.45, 2.75) is 17.7 Å². The fourth-order valence-corrected chi connectivity index (χ4v) is 3.62. The highest BCUT2D eigenvalue weighted by atomic mass is 35.5. The number of nitrogens with zero attached hydrogens (tertiary/aromatic N) is 2. The number of aryl methyl sites for hydroxylation is 1. The first-order chi connectivity index (χ1) is 9.37. The number of hydrogen-bond donors (Lipinski definition) is 1. The van der Waals surface area contributed by atoms with Crippen LogP contribution in [0.5, 0.6) is 0 Å². The van der Waals surface area contributed by atoms with Crippen LogP contribution in [0.15, 0.2) is 29.2 Å². The summed E-state index contributed by atoms with van der Waals surface area (Å²) in [7, 11) is -2.41. The number of nitrogens with one attached hydrogen (secondary N) is 1. The maximum atomic E-state index is 12.9. The average Bonchev–Trinajstić information content (AvgIpc) is 2.80. The summed E-state index contributed by atoms with van der Waals surface area (Å²) in [6.07, 6.45) is 0. The van der Waals surface area contributed by atoms with E-state index in [2.05, 4.69) is 10.2 Å². The van der Waals surface area contributed by atoms with Crippen molar-refractivity contribution in [2.24, 2.45) is 0 Å². The summed E-state index contributed by atoms with van der Waals surface area (Å²) in [4.78, 5) is 0.0549. The maximum absolute atomic E-state index is 12.9. The van der Waals surface area contributed by atoms with Crippen LogP contribution in [0, 0.1) is 12.7 Å². The van der Waals surface area contributed by atoms with Crippen LogP contribution < -0.4 is 4.31 Å². The molecule has 0 amide bonds. The van der Waals surface area contributed by atoms with E-state index < -0.39 is 15.8 Å². The topological polar surface area (TPSA) is 66.1 Å². The van der Waals surface area contributed by atoms with Gasteiger partial charge in [-0.05, 0) is 31.2 Å². The molecule has 1 heterocycles. The Morgan fingerprint density at radius 1 is 1.35 bits per heavy atom. The molecule has 8 heteroatoms. The van der Waals surface area contributed by atoms with E-state index >= 15 is 0 Å². The van der Waals surface area contributed by atoms with E-state index in [0.29, 0.717) is 11.4 Å². The summed E-state index contributed by atoms with van der Waals surface area (Å²) >= 11 is 5.71. The molecule has 0 atom stereocenters. The summed E-state index contributed by atoms with van der Waals surface area (Å²) in [5.74, 6) is -0.448. The van der Waals surface area contributed by atoms with Crippen molar-refractivity contribution in [1.82, 2.24) is 10.2 Å². The van der Waals surface area contributed by atoms with Crippen molar-refractivity contribution in [3.8, 4) is 0 Å². The Balaban J connectivity index is 2.49. The SMILES string of the molecule is Cc1[nH]nc(CCl)c1S(=O)(=O)N(C)c1ccc(F)cc1. The quantitative estimate of drug-likeness (QED) is 0.881.